The number of hydrogen-bond acceptors (Lipinski definition) is 2. The van der Waals surface area contributed by atoms with Crippen molar-refractivity contribution in [3.8, 4) is 5.75 Å². The van der Waals surface area contributed by atoms with E-state index < -0.39 is 0 Å². The maximum absolute atomic E-state index is 10.6. The van der Waals surface area contributed by atoms with Crippen LogP contribution in [-0.2, 0) is 13.0 Å². The third kappa shape index (κ3) is 5.07. The predicted octanol–water partition coefficient (Wildman–Crippen LogP) is 4.81. The van der Waals surface area contributed by atoms with Crippen molar-refractivity contribution in [2.45, 2.75) is 39.2 Å². The number of unbranched alkanes of at least 4 members (excludes halogenated alkanes) is 2. The minimum Gasteiger partial charge on any atom is -0.489 e. The highest BCUT2D eigenvalue weighted by atomic mass is 16.5. The molecule has 0 saturated heterocycles. The molecule has 0 amide bonds. The quantitative estimate of drug-likeness (QED) is 0.513. The van der Waals surface area contributed by atoms with Crippen molar-refractivity contribution in [3.63, 3.8) is 0 Å². The Labute approximate surface area is 126 Å². The van der Waals surface area contributed by atoms with Gasteiger partial charge in [-0.15, -0.1) is 0 Å². The molecule has 2 aromatic carbocycles. The van der Waals surface area contributed by atoms with Gasteiger partial charge in [0, 0.05) is 5.56 Å². The van der Waals surface area contributed by atoms with Gasteiger partial charge in [0.25, 0.3) is 0 Å². The highest BCUT2D eigenvalue weighted by molar-refractivity contribution is 5.74. The number of rotatable bonds is 8. The molecule has 2 nitrogen and oxygen atoms in total. The molecule has 0 aliphatic heterocycles. The van der Waals surface area contributed by atoms with Crippen molar-refractivity contribution in [1.29, 1.82) is 0 Å². The largest absolute Gasteiger partial charge is 0.489 e. The summed E-state index contributed by atoms with van der Waals surface area (Å²) in [5.41, 5.74) is 3.12. The first-order valence-electron chi connectivity index (χ1n) is 7.57. The lowest BCUT2D eigenvalue weighted by atomic mass is 10.1. The van der Waals surface area contributed by atoms with Crippen LogP contribution in [0.4, 0.5) is 0 Å². The van der Waals surface area contributed by atoms with E-state index >= 15 is 0 Å². The van der Waals surface area contributed by atoms with E-state index in [4.69, 9.17) is 4.74 Å². The van der Waals surface area contributed by atoms with Crippen molar-refractivity contribution >= 4 is 6.29 Å². The first kappa shape index (κ1) is 15.3. The van der Waals surface area contributed by atoms with Crippen LogP contribution in [0.15, 0.2) is 48.5 Å². The minimum atomic E-state index is 0.522. The monoisotopic (exact) mass is 282 g/mol. The zero-order chi connectivity index (χ0) is 14.9. The van der Waals surface area contributed by atoms with Crippen LogP contribution in [0.5, 0.6) is 5.75 Å². The summed E-state index contributed by atoms with van der Waals surface area (Å²) in [6.07, 6.45) is 5.78. The molecule has 0 bridgehead atoms. The van der Waals surface area contributed by atoms with Crippen LogP contribution < -0.4 is 4.74 Å². The second-order valence-corrected chi connectivity index (χ2v) is 5.25. The highest BCUT2D eigenvalue weighted by Crippen LogP contribution is 2.16. The van der Waals surface area contributed by atoms with Crippen molar-refractivity contribution in [1.82, 2.24) is 0 Å². The molecular weight excluding hydrogens is 260 g/mol. The molecule has 0 saturated carbocycles. The molecule has 2 heteroatoms. The fourth-order valence-corrected chi connectivity index (χ4v) is 2.19. The Hall–Kier alpha value is -2.09. The van der Waals surface area contributed by atoms with E-state index in [2.05, 4.69) is 19.1 Å². The molecule has 0 aliphatic carbocycles. The Morgan fingerprint density at radius 1 is 0.905 bits per heavy atom. The van der Waals surface area contributed by atoms with Crippen LogP contribution in [0.3, 0.4) is 0 Å². The molecule has 0 spiro atoms. The van der Waals surface area contributed by atoms with Gasteiger partial charge in [-0.05, 0) is 36.1 Å². The number of aryl methyl sites for hydroxylation is 1. The molecule has 0 atom stereocenters. The summed E-state index contributed by atoms with van der Waals surface area (Å²) < 4.78 is 5.76. The molecule has 0 N–H and O–H groups in total. The molecule has 21 heavy (non-hydrogen) atoms. The summed E-state index contributed by atoms with van der Waals surface area (Å²) in [5.74, 6) is 0.883. The lowest BCUT2D eigenvalue weighted by molar-refractivity contribution is 0.112. The van der Waals surface area contributed by atoms with E-state index in [1.165, 1.54) is 24.8 Å². The van der Waals surface area contributed by atoms with Crippen LogP contribution in [0.25, 0.3) is 0 Å². The van der Waals surface area contributed by atoms with Gasteiger partial charge < -0.3 is 4.74 Å². The van der Waals surface area contributed by atoms with Gasteiger partial charge in [0.05, 0.1) is 0 Å². The Balaban J connectivity index is 1.83. The Bertz CT molecular complexity index is 541. The molecule has 0 radical (unpaired) electrons. The molecule has 0 unspecified atom stereocenters. The highest BCUT2D eigenvalue weighted by Gasteiger charge is 1.98. The summed E-state index contributed by atoms with van der Waals surface area (Å²) in [6.45, 7) is 2.74. The van der Waals surface area contributed by atoms with E-state index in [1.807, 2.05) is 36.4 Å². The van der Waals surface area contributed by atoms with Gasteiger partial charge in [0.15, 0.2) is 0 Å². The van der Waals surface area contributed by atoms with Crippen LogP contribution in [-0.4, -0.2) is 6.29 Å². The zero-order valence-electron chi connectivity index (χ0n) is 12.5. The van der Waals surface area contributed by atoms with Crippen LogP contribution in [0.2, 0.25) is 0 Å². The van der Waals surface area contributed by atoms with Gasteiger partial charge in [0.1, 0.15) is 18.6 Å². The second-order valence-electron chi connectivity index (χ2n) is 5.25. The summed E-state index contributed by atoms with van der Waals surface area (Å²) in [7, 11) is 0. The fourth-order valence-electron chi connectivity index (χ4n) is 2.19. The summed E-state index contributed by atoms with van der Waals surface area (Å²) in [5, 5.41) is 0. The number of carbonyl (C=O) groups excluding carboxylic acids is 1. The zero-order valence-corrected chi connectivity index (χ0v) is 12.5. The molecular formula is C19H22O2. The number of ether oxygens (including phenoxy) is 1. The standard InChI is InChI=1S/C19H22O2/c1-2-3-4-5-16-10-12-19(13-11-16)21-15-18-8-6-17(14-20)7-9-18/h6-14H,2-5,15H2,1H3. The lowest BCUT2D eigenvalue weighted by Crippen LogP contribution is -1.96. The smallest absolute Gasteiger partial charge is 0.150 e. The minimum absolute atomic E-state index is 0.522. The lowest BCUT2D eigenvalue weighted by Gasteiger charge is -2.07. The van der Waals surface area contributed by atoms with Gasteiger partial charge >= 0.3 is 0 Å². The molecule has 0 fully saturated rings. The topological polar surface area (TPSA) is 26.3 Å². The van der Waals surface area contributed by atoms with Crippen LogP contribution in [0.1, 0.15) is 47.7 Å². The van der Waals surface area contributed by atoms with Crippen molar-refractivity contribution in [3.05, 3.63) is 65.2 Å². The molecule has 110 valence electrons. The molecule has 0 aliphatic rings. The first-order valence-corrected chi connectivity index (χ1v) is 7.57. The van der Waals surface area contributed by atoms with Crippen molar-refractivity contribution < 1.29 is 9.53 Å². The maximum atomic E-state index is 10.6. The van der Waals surface area contributed by atoms with Crippen molar-refractivity contribution in [2.75, 3.05) is 0 Å². The average molecular weight is 282 g/mol. The number of hydrogen-bond donors (Lipinski definition) is 0. The Morgan fingerprint density at radius 3 is 2.19 bits per heavy atom. The van der Waals surface area contributed by atoms with Gasteiger partial charge in [-0.3, -0.25) is 4.79 Å². The fraction of sp³-hybridized carbons (Fsp3) is 0.316. The van der Waals surface area contributed by atoms with Gasteiger partial charge in [-0.1, -0.05) is 56.2 Å². The summed E-state index contributed by atoms with van der Waals surface area (Å²) in [4.78, 5) is 10.6. The van der Waals surface area contributed by atoms with Crippen LogP contribution >= 0.6 is 0 Å². The molecule has 2 aromatic rings. The SMILES string of the molecule is CCCCCc1ccc(OCc2ccc(C=O)cc2)cc1. The van der Waals surface area contributed by atoms with Gasteiger partial charge in [-0.2, -0.15) is 0 Å². The predicted molar refractivity (Wildman–Crippen MR) is 85.8 cm³/mol. The first-order chi connectivity index (χ1) is 10.3. The average Bonchev–Trinajstić information content (AvgIpc) is 2.55. The Kier molecular flexibility index (Phi) is 6.01. The molecule has 0 aromatic heterocycles. The number of benzene rings is 2. The van der Waals surface area contributed by atoms with E-state index in [-0.39, 0.29) is 0 Å². The molecule has 0 heterocycles. The van der Waals surface area contributed by atoms with Crippen LogP contribution in [0, 0.1) is 0 Å². The van der Waals surface area contributed by atoms with E-state index in [9.17, 15) is 4.79 Å². The van der Waals surface area contributed by atoms with E-state index in [0.29, 0.717) is 12.2 Å². The van der Waals surface area contributed by atoms with E-state index in [1.54, 1.807) is 0 Å². The van der Waals surface area contributed by atoms with Crippen molar-refractivity contribution in [2.24, 2.45) is 0 Å². The normalized spacial score (nSPS) is 10.3. The summed E-state index contributed by atoms with van der Waals surface area (Å²) >= 11 is 0. The third-order valence-electron chi connectivity index (χ3n) is 3.51. The van der Waals surface area contributed by atoms with Gasteiger partial charge in [-0.25, -0.2) is 0 Å². The summed E-state index contributed by atoms with van der Waals surface area (Å²) in [6, 6.07) is 15.8. The number of aldehydes is 1. The number of carbonyl (C=O) groups is 1. The second kappa shape index (κ2) is 8.25. The maximum Gasteiger partial charge on any atom is 0.150 e. The molecule has 2 rings (SSSR count). The third-order valence-corrected chi connectivity index (χ3v) is 3.51. The van der Waals surface area contributed by atoms with E-state index in [0.717, 1.165) is 24.0 Å². The van der Waals surface area contributed by atoms with Gasteiger partial charge in [0.2, 0.25) is 0 Å². The Morgan fingerprint density at radius 2 is 1.57 bits per heavy atom.